The molecule has 2 aliphatic heterocycles. The molecule has 0 atom stereocenters. The number of rotatable bonds is 2. The van der Waals surface area contributed by atoms with Gasteiger partial charge in [-0.05, 0) is 49.7 Å². The highest BCUT2D eigenvalue weighted by atomic mass is 15.3. The van der Waals surface area contributed by atoms with Gasteiger partial charge in [0.1, 0.15) is 5.82 Å². The van der Waals surface area contributed by atoms with Crippen LogP contribution in [0.3, 0.4) is 0 Å². The van der Waals surface area contributed by atoms with Gasteiger partial charge in [0.25, 0.3) is 0 Å². The molecule has 1 spiro atoms. The molecule has 0 aromatic carbocycles. The van der Waals surface area contributed by atoms with E-state index in [9.17, 15) is 0 Å². The van der Waals surface area contributed by atoms with Crippen LogP contribution in [-0.2, 0) is 5.41 Å². The molecular formula is C19H23N5. The molecule has 0 amide bonds. The van der Waals surface area contributed by atoms with Crippen molar-refractivity contribution in [3.63, 3.8) is 0 Å². The third-order valence-electron chi connectivity index (χ3n) is 5.75. The van der Waals surface area contributed by atoms with Gasteiger partial charge in [-0.2, -0.15) is 9.97 Å². The normalized spacial score (nSPS) is 26.3. The van der Waals surface area contributed by atoms with E-state index in [1.54, 1.807) is 0 Å². The topological polar surface area (TPSA) is 67.9 Å². The molecule has 5 heteroatoms. The maximum Gasteiger partial charge on any atom is 0.229 e. The van der Waals surface area contributed by atoms with E-state index in [0.29, 0.717) is 6.04 Å². The molecule has 1 aromatic rings. The lowest BCUT2D eigenvalue weighted by Gasteiger charge is -2.32. The van der Waals surface area contributed by atoms with Crippen molar-refractivity contribution in [3.8, 4) is 0 Å². The molecule has 2 aliphatic carbocycles. The van der Waals surface area contributed by atoms with Crippen molar-refractivity contribution < 1.29 is 0 Å². The fourth-order valence-electron chi connectivity index (χ4n) is 3.97. The van der Waals surface area contributed by atoms with Gasteiger partial charge in [-0.25, -0.2) is 4.98 Å². The molecule has 5 nitrogen and oxygen atoms in total. The lowest BCUT2D eigenvalue weighted by Crippen LogP contribution is -2.41. The summed E-state index contributed by atoms with van der Waals surface area (Å²) >= 11 is 0. The van der Waals surface area contributed by atoms with E-state index in [-0.39, 0.29) is 5.41 Å². The van der Waals surface area contributed by atoms with Crippen molar-refractivity contribution in [2.24, 2.45) is 5.73 Å². The number of aromatic nitrogens is 3. The first-order valence-corrected chi connectivity index (χ1v) is 9.06. The van der Waals surface area contributed by atoms with Crippen LogP contribution in [-0.4, -0.2) is 34.1 Å². The van der Waals surface area contributed by atoms with E-state index < -0.39 is 0 Å². The SMILES string of the molecule is NC1CCN(c2nc3nc(n2)C2(CC2)CC3=CC2=CC=CC2)CC1. The Hall–Kier alpha value is -2.01. The molecule has 2 N–H and O–H groups in total. The summed E-state index contributed by atoms with van der Waals surface area (Å²) in [4.78, 5) is 16.7. The number of hydrogen-bond acceptors (Lipinski definition) is 5. The summed E-state index contributed by atoms with van der Waals surface area (Å²) in [5, 5.41) is 0. The monoisotopic (exact) mass is 321 g/mol. The number of nitrogens with two attached hydrogens (primary N) is 1. The van der Waals surface area contributed by atoms with Gasteiger partial charge < -0.3 is 10.6 Å². The molecule has 2 fully saturated rings. The van der Waals surface area contributed by atoms with E-state index in [1.165, 1.54) is 24.0 Å². The second kappa shape index (κ2) is 5.24. The minimum absolute atomic E-state index is 0.190. The van der Waals surface area contributed by atoms with Crippen LogP contribution in [0.4, 0.5) is 5.95 Å². The molecular weight excluding hydrogens is 298 g/mol. The largest absolute Gasteiger partial charge is 0.341 e. The molecule has 4 aliphatic rings. The number of piperidine rings is 1. The minimum Gasteiger partial charge on any atom is -0.341 e. The van der Waals surface area contributed by atoms with Crippen LogP contribution in [0.25, 0.3) is 5.57 Å². The first kappa shape index (κ1) is 14.3. The fourth-order valence-corrected chi connectivity index (χ4v) is 3.97. The predicted octanol–water partition coefficient (Wildman–Crippen LogP) is 2.50. The zero-order chi connectivity index (χ0) is 16.1. The van der Waals surface area contributed by atoms with Crippen LogP contribution in [0.2, 0.25) is 0 Å². The lowest BCUT2D eigenvalue weighted by molar-refractivity contribution is 0.491. The van der Waals surface area contributed by atoms with Crippen molar-refractivity contribution >= 4 is 11.5 Å². The smallest absolute Gasteiger partial charge is 0.229 e. The molecule has 24 heavy (non-hydrogen) atoms. The molecule has 1 saturated carbocycles. The summed E-state index contributed by atoms with van der Waals surface area (Å²) in [6.07, 6.45) is 15.3. The van der Waals surface area contributed by atoms with Crippen LogP contribution >= 0.6 is 0 Å². The average Bonchev–Trinajstić information content (AvgIpc) is 3.19. The van der Waals surface area contributed by atoms with E-state index in [1.807, 2.05) is 0 Å². The van der Waals surface area contributed by atoms with Gasteiger partial charge in [0.05, 0.1) is 0 Å². The van der Waals surface area contributed by atoms with Crippen molar-refractivity contribution in [1.29, 1.82) is 0 Å². The first-order chi connectivity index (χ1) is 11.7. The summed E-state index contributed by atoms with van der Waals surface area (Å²) in [5.41, 5.74) is 8.87. The summed E-state index contributed by atoms with van der Waals surface area (Å²) in [5.74, 6) is 2.76. The Morgan fingerprint density at radius 2 is 2.00 bits per heavy atom. The maximum atomic E-state index is 6.04. The summed E-state index contributed by atoms with van der Waals surface area (Å²) in [7, 11) is 0. The van der Waals surface area contributed by atoms with E-state index >= 15 is 0 Å². The van der Waals surface area contributed by atoms with Gasteiger partial charge in [0.15, 0.2) is 5.82 Å². The Labute approximate surface area is 142 Å². The van der Waals surface area contributed by atoms with Gasteiger partial charge in [-0.15, -0.1) is 0 Å². The van der Waals surface area contributed by atoms with Crippen molar-refractivity contribution in [3.05, 3.63) is 41.5 Å². The Kier molecular flexibility index (Phi) is 3.13. The highest BCUT2D eigenvalue weighted by molar-refractivity contribution is 5.68. The molecule has 3 heterocycles. The molecule has 0 unspecified atom stereocenters. The molecule has 124 valence electrons. The Morgan fingerprint density at radius 1 is 1.17 bits per heavy atom. The van der Waals surface area contributed by atoms with Crippen LogP contribution < -0.4 is 10.6 Å². The zero-order valence-corrected chi connectivity index (χ0v) is 13.9. The second-order valence-electron chi connectivity index (χ2n) is 7.61. The molecule has 0 radical (unpaired) electrons. The number of nitrogens with zero attached hydrogens (tertiary/aromatic N) is 4. The standard InChI is InChI=1S/C19H23N5/c20-15-5-9-24(10-6-15)18-22-16-14(11-13-3-1-2-4-13)12-19(7-8-19)17(21-16)23-18/h1-3,11,15H,4-10,12,20H2. The third kappa shape index (κ3) is 2.38. The molecule has 2 bridgehead atoms. The number of allylic oxidation sites excluding steroid dienone is 6. The van der Waals surface area contributed by atoms with Gasteiger partial charge >= 0.3 is 0 Å². The minimum atomic E-state index is 0.190. The van der Waals surface area contributed by atoms with Crippen molar-refractivity contribution in [2.45, 2.75) is 50.0 Å². The van der Waals surface area contributed by atoms with Crippen LogP contribution in [0.5, 0.6) is 0 Å². The quantitative estimate of drug-likeness (QED) is 0.906. The molecule has 5 rings (SSSR count). The third-order valence-corrected chi connectivity index (χ3v) is 5.75. The van der Waals surface area contributed by atoms with Gasteiger partial charge in [0, 0.05) is 24.5 Å². The van der Waals surface area contributed by atoms with Crippen LogP contribution in [0.1, 0.15) is 50.2 Å². The number of hydrogen-bond donors (Lipinski definition) is 1. The van der Waals surface area contributed by atoms with Gasteiger partial charge in [0.2, 0.25) is 5.95 Å². The highest BCUT2D eigenvalue weighted by Crippen LogP contribution is 2.55. The Bertz CT molecular complexity index is 764. The van der Waals surface area contributed by atoms with Crippen LogP contribution in [0.15, 0.2) is 29.9 Å². The summed E-state index contributed by atoms with van der Waals surface area (Å²) < 4.78 is 0. The first-order valence-electron chi connectivity index (χ1n) is 9.06. The average molecular weight is 321 g/mol. The Morgan fingerprint density at radius 3 is 2.71 bits per heavy atom. The van der Waals surface area contributed by atoms with E-state index in [2.05, 4.69) is 29.2 Å². The lowest BCUT2D eigenvalue weighted by atomic mass is 9.90. The fraction of sp³-hybridized carbons (Fsp3) is 0.526. The van der Waals surface area contributed by atoms with Crippen molar-refractivity contribution in [2.75, 3.05) is 18.0 Å². The number of anilines is 1. The zero-order valence-electron chi connectivity index (χ0n) is 13.9. The predicted molar refractivity (Wildman–Crippen MR) is 94.6 cm³/mol. The summed E-state index contributed by atoms with van der Waals surface area (Å²) in [6, 6.07) is 0.321. The maximum absolute atomic E-state index is 6.04. The summed E-state index contributed by atoms with van der Waals surface area (Å²) in [6.45, 7) is 1.90. The van der Waals surface area contributed by atoms with Gasteiger partial charge in [-0.3, -0.25) is 0 Å². The molecule has 1 saturated heterocycles. The Balaban J connectivity index is 1.52. The number of fused-ring (bicyclic) bond motifs is 3. The molecule has 1 aromatic heterocycles. The van der Waals surface area contributed by atoms with E-state index in [4.69, 9.17) is 20.7 Å². The second-order valence-corrected chi connectivity index (χ2v) is 7.61. The van der Waals surface area contributed by atoms with E-state index in [0.717, 1.165) is 56.4 Å². The van der Waals surface area contributed by atoms with Gasteiger partial charge in [-0.1, -0.05) is 24.3 Å². The van der Waals surface area contributed by atoms with Crippen molar-refractivity contribution in [1.82, 2.24) is 15.0 Å². The highest BCUT2D eigenvalue weighted by Gasteiger charge is 2.50. The van der Waals surface area contributed by atoms with Crippen LogP contribution in [0, 0.1) is 0 Å².